The standard InChI is InChI=1S/C23H28FN3O3S/c1-17-3-2-4-20(13-17)26-23(29)16-31-15-22(28)25-14-21(27-9-11-30-12-10-27)18-5-7-19(24)8-6-18/h2-8,13,21H,9-12,14-16H2,1H3,(H,25,28)(H,26,29). The molecule has 0 aliphatic carbocycles. The van der Waals surface area contributed by atoms with Gasteiger partial charge in [0.2, 0.25) is 11.8 Å². The molecule has 0 aromatic heterocycles. The topological polar surface area (TPSA) is 70.7 Å². The van der Waals surface area contributed by atoms with Crippen LogP contribution in [-0.4, -0.2) is 61.1 Å². The van der Waals surface area contributed by atoms with E-state index in [9.17, 15) is 14.0 Å². The minimum atomic E-state index is -0.283. The van der Waals surface area contributed by atoms with Gasteiger partial charge in [0, 0.05) is 25.3 Å². The fourth-order valence-electron chi connectivity index (χ4n) is 3.45. The Labute approximate surface area is 186 Å². The predicted octanol–water partition coefficient (Wildman–Crippen LogP) is 3.00. The molecule has 0 radical (unpaired) electrons. The van der Waals surface area contributed by atoms with Crippen LogP contribution < -0.4 is 10.6 Å². The number of carbonyl (C=O) groups excluding carboxylic acids is 2. The number of rotatable bonds is 9. The maximum Gasteiger partial charge on any atom is 0.234 e. The quantitative estimate of drug-likeness (QED) is 0.621. The number of nitrogens with zero attached hydrogens (tertiary/aromatic N) is 1. The van der Waals surface area contributed by atoms with Gasteiger partial charge in [0.05, 0.1) is 30.8 Å². The van der Waals surface area contributed by atoms with E-state index in [0.717, 1.165) is 29.9 Å². The van der Waals surface area contributed by atoms with Crippen molar-refractivity contribution in [1.29, 1.82) is 0 Å². The Morgan fingerprint density at radius 3 is 2.52 bits per heavy atom. The number of amides is 2. The molecule has 1 atom stereocenters. The van der Waals surface area contributed by atoms with Gasteiger partial charge in [0.15, 0.2) is 0 Å². The zero-order valence-corrected chi connectivity index (χ0v) is 18.4. The maximum atomic E-state index is 13.3. The van der Waals surface area contributed by atoms with Gasteiger partial charge in [-0.05, 0) is 42.3 Å². The second-order valence-corrected chi connectivity index (χ2v) is 8.42. The molecule has 31 heavy (non-hydrogen) atoms. The molecular weight excluding hydrogens is 417 g/mol. The maximum absolute atomic E-state index is 13.3. The smallest absolute Gasteiger partial charge is 0.234 e. The van der Waals surface area contributed by atoms with Crippen LogP contribution in [-0.2, 0) is 14.3 Å². The van der Waals surface area contributed by atoms with E-state index < -0.39 is 0 Å². The Hall–Kier alpha value is -2.42. The van der Waals surface area contributed by atoms with Crippen molar-refractivity contribution in [2.75, 3.05) is 49.7 Å². The molecule has 3 rings (SSSR count). The molecule has 1 heterocycles. The first-order valence-electron chi connectivity index (χ1n) is 10.3. The van der Waals surface area contributed by atoms with Crippen molar-refractivity contribution in [2.45, 2.75) is 13.0 Å². The largest absolute Gasteiger partial charge is 0.379 e. The lowest BCUT2D eigenvalue weighted by Gasteiger charge is -2.35. The number of hydrogen-bond donors (Lipinski definition) is 2. The predicted molar refractivity (Wildman–Crippen MR) is 122 cm³/mol. The number of nitrogens with one attached hydrogen (secondary N) is 2. The van der Waals surface area contributed by atoms with Crippen LogP contribution in [0, 0.1) is 12.7 Å². The average Bonchev–Trinajstić information content (AvgIpc) is 2.76. The van der Waals surface area contributed by atoms with Crippen molar-refractivity contribution < 1.29 is 18.7 Å². The van der Waals surface area contributed by atoms with Crippen molar-refractivity contribution >= 4 is 29.3 Å². The normalized spacial score (nSPS) is 15.3. The van der Waals surface area contributed by atoms with Gasteiger partial charge in [0.25, 0.3) is 0 Å². The number of carbonyl (C=O) groups is 2. The Morgan fingerprint density at radius 1 is 1.10 bits per heavy atom. The molecule has 0 bridgehead atoms. The van der Waals surface area contributed by atoms with Crippen LogP contribution in [0.1, 0.15) is 17.2 Å². The number of hydrogen-bond acceptors (Lipinski definition) is 5. The van der Waals surface area contributed by atoms with Crippen LogP contribution >= 0.6 is 11.8 Å². The second kappa shape index (κ2) is 11.8. The van der Waals surface area contributed by atoms with Crippen molar-refractivity contribution in [3.63, 3.8) is 0 Å². The van der Waals surface area contributed by atoms with Crippen molar-refractivity contribution in [3.8, 4) is 0 Å². The average molecular weight is 446 g/mol. The van der Waals surface area contributed by atoms with E-state index in [1.807, 2.05) is 31.2 Å². The number of morpholine rings is 1. The summed E-state index contributed by atoms with van der Waals surface area (Å²) in [6.45, 7) is 5.16. The fourth-order valence-corrected chi connectivity index (χ4v) is 4.10. The molecule has 1 saturated heterocycles. The minimum absolute atomic E-state index is 0.0527. The second-order valence-electron chi connectivity index (χ2n) is 7.43. The highest BCUT2D eigenvalue weighted by Gasteiger charge is 2.23. The van der Waals surface area contributed by atoms with Crippen LogP contribution in [0.25, 0.3) is 0 Å². The molecule has 1 unspecified atom stereocenters. The van der Waals surface area contributed by atoms with Gasteiger partial charge >= 0.3 is 0 Å². The molecule has 1 fully saturated rings. The van der Waals surface area contributed by atoms with Gasteiger partial charge in [-0.1, -0.05) is 24.3 Å². The summed E-state index contributed by atoms with van der Waals surface area (Å²) in [4.78, 5) is 26.6. The summed E-state index contributed by atoms with van der Waals surface area (Å²) in [6, 6.07) is 13.9. The van der Waals surface area contributed by atoms with Crippen molar-refractivity contribution in [2.24, 2.45) is 0 Å². The molecule has 166 valence electrons. The molecular formula is C23H28FN3O3S. The summed E-state index contributed by atoms with van der Waals surface area (Å²) < 4.78 is 18.8. The number of anilines is 1. The molecule has 2 aromatic rings. The van der Waals surface area contributed by atoms with Gasteiger partial charge in [0.1, 0.15) is 5.82 Å². The van der Waals surface area contributed by atoms with E-state index in [1.54, 1.807) is 12.1 Å². The minimum Gasteiger partial charge on any atom is -0.379 e. The van der Waals surface area contributed by atoms with Crippen LogP contribution in [0.15, 0.2) is 48.5 Å². The van der Waals surface area contributed by atoms with E-state index >= 15 is 0 Å². The monoisotopic (exact) mass is 445 g/mol. The molecule has 2 aromatic carbocycles. The highest BCUT2D eigenvalue weighted by Crippen LogP contribution is 2.21. The van der Waals surface area contributed by atoms with Crippen LogP contribution in [0.2, 0.25) is 0 Å². The highest BCUT2D eigenvalue weighted by molar-refractivity contribution is 8.00. The molecule has 1 aliphatic heterocycles. The number of aryl methyl sites for hydroxylation is 1. The van der Waals surface area contributed by atoms with Gasteiger partial charge in [-0.3, -0.25) is 14.5 Å². The summed E-state index contributed by atoms with van der Waals surface area (Å²) in [5.41, 5.74) is 2.78. The zero-order valence-electron chi connectivity index (χ0n) is 17.6. The highest BCUT2D eigenvalue weighted by atomic mass is 32.2. The summed E-state index contributed by atoms with van der Waals surface area (Å²) in [5.74, 6) is -0.157. The van der Waals surface area contributed by atoms with E-state index in [-0.39, 0.29) is 35.2 Å². The lowest BCUT2D eigenvalue weighted by atomic mass is 10.0. The van der Waals surface area contributed by atoms with Gasteiger partial charge in [-0.2, -0.15) is 0 Å². The fraction of sp³-hybridized carbons (Fsp3) is 0.391. The SMILES string of the molecule is Cc1cccc(NC(=O)CSCC(=O)NCC(c2ccc(F)cc2)N2CCOCC2)c1. The Kier molecular flexibility index (Phi) is 8.87. The number of halogens is 1. The van der Waals surface area contributed by atoms with Crippen LogP contribution in [0.5, 0.6) is 0 Å². The van der Waals surface area contributed by atoms with E-state index in [4.69, 9.17) is 4.74 Å². The summed E-state index contributed by atoms with van der Waals surface area (Å²) in [6.07, 6.45) is 0. The molecule has 2 amide bonds. The molecule has 0 spiro atoms. The molecule has 8 heteroatoms. The summed E-state index contributed by atoms with van der Waals surface area (Å²) in [7, 11) is 0. The summed E-state index contributed by atoms with van der Waals surface area (Å²) in [5, 5.41) is 5.79. The Balaban J connectivity index is 1.45. The lowest BCUT2D eigenvalue weighted by molar-refractivity contribution is -0.118. The molecule has 6 nitrogen and oxygen atoms in total. The van der Waals surface area contributed by atoms with Gasteiger partial charge in [-0.25, -0.2) is 4.39 Å². The lowest BCUT2D eigenvalue weighted by Crippen LogP contribution is -2.44. The Bertz CT molecular complexity index is 873. The first-order valence-corrected chi connectivity index (χ1v) is 11.4. The molecule has 2 N–H and O–H groups in total. The molecule has 0 saturated carbocycles. The summed E-state index contributed by atoms with van der Waals surface area (Å²) >= 11 is 1.27. The first kappa shape index (κ1) is 23.2. The first-order chi connectivity index (χ1) is 15.0. The third-order valence-corrected chi connectivity index (χ3v) is 5.93. The van der Waals surface area contributed by atoms with E-state index in [1.165, 1.54) is 23.9 Å². The van der Waals surface area contributed by atoms with Crippen LogP contribution in [0.3, 0.4) is 0 Å². The zero-order chi connectivity index (χ0) is 22.1. The number of benzene rings is 2. The van der Waals surface area contributed by atoms with Gasteiger partial charge in [-0.15, -0.1) is 11.8 Å². The third-order valence-electron chi connectivity index (χ3n) is 5.00. The third kappa shape index (κ3) is 7.65. The van der Waals surface area contributed by atoms with Gasteiger partial charge < -0.3 is 15.4 Å². The molecule has 1 aliphatic rings. The Morgan fingerprint density at radius 2 is 1.81 bits per heavy atom. The van der Waals surface area contributed by atoms with Crippen molar-refractivity contribution in [3.05, 3.63) is 65.5 Å². The van der Waals surface area contributed by atoms with Crippen LogP contribution in [0.4, 0.5) is 10.1 Å². The van der Waals surface area contributed by atoms with E-state index in [0.29, 0.717) is 19.8 Å². The van der Waals surface area contributed by atoms with E-state index in [2.05, 4.69) is 15.5 Å². The number of thioether (sulfide) groups is 1. The van der Waals surface area contributed by atoms with Crippen molar-refractivity contribution in [1.82, 2.24) is 10.2 Å². The number of ether oxygens (including phenoxy) is 1.